The smallest absolute Gasteiger partial charge is 0.228 e. The number of nitrogens with one attached hydrogen (secondary N) is 1. The molecule has 0 spiro atoms. The first kappa shape index (κ1) is 17.2. The second-order valence-corrected chi connectivity index (χ2v) is 6.51. The molecule has 1 amide bonds. The van der Waals surface area contributed by atoms with Gasteiger partial charge in [0.2, 0.25) is 5.91 Å². The minimum absolute atomic E-state index is 0.0452. The largest absolute Gasteiger partial charge is 0.326 e. The van der Waals surface area contributed by atoms with Crippen LogP contribution in [0.1, 0.15) is 22.5 Å². The molecule has 0 atom stereocenters. The molecule has 0 radical (unpaired) electrons. The highest BCUT2D eigenvalue weighted by molar-refractivity contribution is 6.30. The van der Waals surface area contributed by atoms with Crippen molar-refractivity contribution in [1.29, 1.82) is 0 Å². The van der Waals surface area contributed by atoms with Crippen LogP contribution in [0.4, 0.5) is 5.69 Å². The topological polar surface area (TPSA) is 46.9 Å². The van der Waals surface area contributed by atoms with Crippen molar-refractivity contribution in [3.8, 4) is 5.69 Å². The molecular weight excluding hydrogens is 334 g/mol. The molecule has 0 fully saturated rings. The monoisotopic (exact) mass is 353 g/mol. The molecule has 25 heavy (non-hydrogen) atoms. The van der Waals surface area contributed by atoms with E-state index in [1.165, 1.54) is 0 Å². The second kappa shape index (κ2) is 7.11. The summed E-state index contributed by atoms with van der Waals surface area (Å²) in [7, 11) is 0. The molecule has 0 aliphatic carbocycles. The van der Waals surface area contributed by atoms with E-state index in [1.54, 1.807) is 0 Å². The SMILES string of the molecule is Cc1ccccc1NC(=O)Cc1c(C)nn(-c2ccc(Cl)cc2)c1C. The third-order valence-corrected chi connectivity index (χ3v) is 4.52. The lowest BCUT2D eigenvalue weighted by Crippen LogP contribution is -2.16. The minimum Gasteiger partial charge on any atom is -0.326 e. The van der Waals surface area contributed by atoms with Crippen molar-refractivity contribution < 1.29 is 4.79 Å². The van der Waals surface area contributed by atoms with E-state index in [4.69, 9.17) is 11.6 Å². The van der Waals surface area contributed by atoms with Crippen LogP contribution in [0.3, 0.4) is 0 Å². The Labute approximate surface area is 152 Å². The van der Waals surface area contributed by atoms with Gasteiger partial charge in [-0.3, -0.25) is 4.79 Å². The Hall–Kier alpha value is -2.59. The van der Waals surface area contributed by atoms with Crippen molar-refractivity contribution in [3.63, 3.8) is 0 Å². The lowest BCUT2D eigenvalue weighted by atomic mass is 10.1. The number of nitrogens with zero attached hydrogens (tertiary/aromatic N) is 2. The third kappa shape index (κ3) is 3.74. The van der Waals surface area contributed by atoms with Gasteiger partial charge in [-0.05, 0) is 56.7 Å². The van der Waals surface area contributed by atoms with Gasteiger partial charge >= 0.3 is 0 Å². The molecule has 4 nitrogen and oxygen atoms in total. The standard InChI is InChI=1S/C20H20ClN3O/c1-13-6-4-5-7-19(13)22-20(25)12-18-14(2)23-24(15(18)3)17-10-8-16(21)9-11-17/h4-11H,12H2,1-3H3,(H,22,25). The number of para-hydroxylation sites is 1. The Balaban J connectivity index is 1.82. The molecule has 1 N–H and O–H groups in total. The molecule has 1 heterocycles. The maximum absolute atomic E-state index is 12.5. The van der Waals surface area contributed by atoms with Gasteiger partial charge in [0.1, 0.15) is 0 Å². The molecule has 2 aromatic carbocycles. The Bertz CT molecular complexity index is 913. The van der Waals surface area contributed by atoms with E-state index >= 15 is 0 Å². The molecule has 0 bridgehead atoms. The number of hydrogen-bond donors (Lipinski definition) is 1. The van der Waals surface area contributed by atoms with Crippen LogP contribution in [0.2, 0.25) is 5.02 Å². The fourth-order valence-electron chi connectivity index (χ4n) is 2.83. The van der Waals surface area contributed by atoms with Gasteiger partial charge in [-0.25, -0.2) is 4.68 Å². The van der Waals surface area contributed by atoms with Gasteiger partial charge in [-0.15, -0.1) is 0 Å². The van der Waals surface area contributed by atoms with Crippen LogP contribution < -0.4 is 5.32 Å². The van der Waals surface area contributed by atoms with Crippen LogP contribution in [0.25, 0.3) is 5.69 Å². The van der Waals surface area contributed by atoms with E-state index in [0.717, 1.165) is 33.9 Å². The number of carbonyl (C=O) groups excluding carboxylic acids is 1. The normalized spacial score (nSPS) is 10.7. The molecule has 0 saturated heterocycles. The average Bonchev–Trinajstić information content (AvgIpc) is 2.86. The quantitative estimate of drug-likeness (QED) is 0.743. The summed E-state index contributed by atoms with van der Waals surface area (Å²) in [4.78, 5) is 12.5. The van der Waals surface area contributed by atoms with Crippen molar-refractivity contribution in [1.82, 2.24) is 9.78 Å². The van der Waals surface area contributed by atoms with Crippen molar-refractivity contribution in [2.75, 3.05) is 5.32 Å². The number of benzene rings is 2. The van der Waals surface area contributed by atoms with Crippen LogP contribution in [0.5, 0.6) is 0 Å². The first-order valence-electron chi connectivity index (χ1n) is 8.12. The van der Waals surface area contributed by atoms with Crippen LogP contribution in [-0.2, 0) is 11.2 Å². The fraction of sp³-hybridized carbons (Fsp3) is 0.200. The highest BCUT2D eigenvalue weighted by Crippen LogP contribution is 2.21. The van der Waals surface area contributed by atoms with Gasteiger partial charge in [0, 0.05) is 22.0 Å². The molecule has 0 saturated carbocycles. The number of halogens is 1. The summed E-state index contributed by atoms with van der Waals surface area (Å²) in [6, 6.07) is 15.2. The number of carbonyl (C=O) groups is 1. The Morgan fingerprint density at radius 2 is 1.76 bits per heavy atom. The van der Waals surface area contributed by atoms with E-state index in [1.807, 2.05) is 74.0 Å². The van der Waals surface area contributed by atoms with Crippen LogP contribution >= 0.6 is 11.6 Å². The molecular formula is C20H20ClN3O. The molecule has 0 aliphatic rings. The molecule has 128 valence electrons. The number of aromatic nitrogens is 2. The zero-order valence-electron chi connectivity index (χ0n) is 14.5. The summed E-state index contributed by atoms with van der Waals surface area (Å²) in [5.41, 5.74) is 5.57. The van der Waals surface area contributed by atoms with Gasteiger partial charge in [0.05, 0.1) is 17.8 Å². The van der Waals surface area contributed by atoms with Gasteiger partial charge in [0.15, 0.2) is 0 Å². The van der Waals surface area contributed by atoms with Crippen molar-refractivity contribution in [2.24, 2.45) is 0 Å². The maximum atomic E-state index is 12.5. The molecule has 3 rings (SSSR count). The third-order valence-electron chi connectivity index (χ3n) is 4.27. The number of rotatable bonds is 4. The van der Waals surface area contributed by atoms with Gasteiger partial charge < -0.3 is 5.32 Å². The molecule has 5 heteroatoms. The minimum atomic E-state index is -0.0452. The first-order valence-corrected chi connectivity index (χ1v) is 8.50. The highest BCUT2D eigenvalue weighted by atomic mass is 35.5. The van der Waals surface area contributed by atoms with E-state index in [2.05, 4.69) is 10.4 Å². The second-order valence-electron chi connectivity index (χ2n) is 6.08. The van der Waals surface area contributed by atoms with Gasteiger partial charge in [-0.1, -0.05) is 29.8 Å². The van der Waals surface area contributed by atoms with E-state index in [0.29, 0.717) is 11.4 Å². The zero-order chi connectivity index (χ0) is 18.0. The zero-order valence-corrected chi connectivity index (χ0v) is 15.3. The summed E-state index contributed by atoms with van der Waals surface area (Å²) in [6.07, 6.45) is 0.291. The van der Waals surface area contributed by atoms with Crippen molar-refractivity contribution in [2.45, 2.75) is 27.2 Å². The van der Waals surface area contributed by atoms with Crippen LogP contribution in [0.15, 0.2) is 48.5 Å². The average molecular weight is 354 g/mol. The van der Waals surface area contributed by atoms with E-state index < -0.39 is 0 Å². The Morgan fingerprint density at radius 1 is 1.08 bits per heavy atom. The van der Waals surface area contributed by atoms with Gasteiger partial charge in [-0.2, -0.15) is 5.10 Å². The summed E-state index contributed by atoms with van der Waals surface area (Å²) in [5, 5.41) is 8.24. The van der Waals surface area contributed by atoms with E-state index in [-0.39, 0.29) is 5.91 Å². The molecule has 0 aliphatic heterocycles. The van der Waals surface area contributed by atoms with Crippen LogP contribution in [-0.4, -0.2) is 15.7 Å². The number of aryl methyl sites for hydroxylation is 2. The fourth-order valence-corrected chi connectivity index (χ4v) is 2.96. The molecule has 1 aromatic heterocycles. The Kier molecular flexibility index (Phi) is 4.91. The summed E-state index contributed by atoms with van der Waals surface area (Å²) >= 11 is 5.95. The summed E-state index contributed by atoms with van der Waals surface area (Å²) < 4.78 is 1.85. The highest BCUT2D eigenvalue weighted by Gasteiger charge is 2.16. The number of hydrogen-bond acceptors (Lipinski definition) is 2. The lowest BCUT2D eigenvalue weighted by molar-refractivity contribution is -0.115. The number of amides is 1. The Morgan fingerprint density at radius 3 is 2.44 bits per heavy atom. The van der Waals surface area contributed by atoms with Crippen LogP contribution in [0, 0.1) is 20.8 Å². The van der Waals surface area contributed by atoms with Crippen molar-refractivity contribution >= 4 is 23.2 Å². The predicted octanol–water partition coefficient (Wildman–Crippen LogP) is 4.63. The summed E-state index contributed by atoms with van der Waals surface area (Å²) in [6.45, 7) is 5.88. The summed E-state index contributed by atoms with van der Waals surface area (Å²) in [5.74, 6) is -0.0452. The van der Waals surface area contributed by atoms with Crippen molar-refractivity contribution in [3.05, 3.63) is 76.1 Å². The van der Waals surface area contributed by atoms with Gasteiger partial charge in [0.25, 0.3) is 0 Å². The molecule has 3 aromatic rings. The lowest BCUT2D eigenvalue weighted by Gasteiger charge is -2.09. The predicted molar refractivity (Wildman–Crippen MR) is 102 cm³/mol. The number of anilines is 1. The maximum Gasteiger partial charge on any atom is 0.228 e. The molecule has 0 unspecified atom stereocenters. The van der Waals surface area contributed by atoms with E-state index in [9.17, 15) is 4.79 Å². The first-order chi connectivity index (χ1) is 12.0.